The van der Waals surface area contributed by atoms with Gasteiger partial charge in [0.05, 0.1) is 12.9 Å². The number of hydrogen-bond donors (Lipinski definition) is 1. The molecule has 1 amide bonds. The number of carbonyl (C=O) groups is 2. The van der Waals surface area contributed by atoms with Crippen LogP contribution in [-0.2, 0) is 20.9 Å². The Bertz CT molecular complexity index is 1060. The number of benzene rings is 1. The summed E-state index contributed by atoms with van der Waals surface area (Å²) in [6.45, 7) is 1.81. The first kappa shape index (κ1) is 19.0. The van der Waals surface area contributed by atoms with Crippen molar-refractivity contribution in [1.29, 1.82) is 0 Å². The first-order chi connectivity index (χ1) is 13.5. The van der Waals surface area contributed by atoms with Crippen LogP contribution in [0.25, 0.3) is 17.0 Å². The molecule has 0 aliphatic heterocycles. The minimum absolute atomic E-state index is 0.117. The highest BCUT2D eigenvalue weighted by atomic mass is 16.5. The summed E-state index contributed by atoms with van der Waals surface area (Å²) in [6.07, 6.45) is 3.59. The van der Waals surface area contributed by atoms with Crippen LogP contribution in [0, 0.1) is 0 Å². The van der Waals surface area contributed by atoms with Gasteiger partial charge in [-0.25, -0.2) is 14.4 Å². The molecule has 8 heteroatoms. The largest absolute Gasteiger partial charge is 0.465 e. The van der Waals surface area contributed by atoms with Crippen molar-refractivity contribution in [3.05, 3.63) is 70.5 Å². The fourth-order valence-electron chi connectivity index (χ4n) is 2.45. The third-order valence-corrected chi connectivity index (χ3v) is 3.65. The smallest absolute Gasteiger partial charge is 0.411 e. The fourth-order valence-corrected chi connectivity index (χ4v) is 2.45. The number of furan rings is 1. The van der Waals surface area contributed by atoms with Gasteiger partial charge in [-0.1, -0.05) is 0 Å². The molecule has 144 valence electrons. The molecule has 0 aliphatic rings. The van der Waals surface area contributed by atoms with E-state index in [-0.39, 0.29) is 18.8 Å². The van der Waals surface area contributed by atoms with Gasteiger partial charge in [0.15, 0.2) is 0 Å². The molecule has 1 aromatic carbocycles. The van der Waals surface area contributed by atoms with E-state index in [1.807, 2.05) is 0 Å². The van der Waals surface area contributed by atoms with Crippen molar-refractivity contribution in [3.8, 4) is 0 Å². The van der Waals surface area contributed by atoms with E-state index in [1.54, 1.807) is 31.2 Å². The SMILES string of the molecule is CCOC(=O)Nc1ccc2c(COC(=O)/C=C/c3ccco3)cc(=O)oc2c1. The van der Waals surface area contributed by atoms with Crippen LogP contribution in [0.2, 0.25) is 0 Å². The number of esters is 1. The van der Waals surface area contributed by atoms with Gasteiger partial charge < -0.3 is 18.3 Å². The van der Waals surface area contributed by atoms with Crippen molar-refractivity contribution >= 4 is 34.8 Å². The molecule has 0 unspecified atom stereocenters. The number of ether oxygens (including phenoxy) is 2. The monoisotopic (exact) mass is 383 g/mol. The van der Waals surface area contributed by atoms with Crippen molar-refractivity contribution in [2.75, 3.05) is 11.9 Å². The van der Waals surface area contributed by atoms with Gasteiger partial charge in [0.1, 0.15) is 18.0 Å². The van der Waals surface area contributed by atoms with Crippen LogP contribution in [-0.4, -0.2) is 18.7 Å². The van der Waals surface area contributed by atoms with Crippen molar-refractivity contribution < 1.29 is 27.9 Å². The van der Waals surface area contributed by atoms with E-state index in [2.05, 4.69) is 5.32 Å². The number of hydrogen-bond acceptors (Lipinski definition) is 7. The van der Waals surface area contributed by atoms with E-state index < -0.39 is 17.7 Å². The van der Waals surface area contributed by atoms with Crippen molar-refractivity contribution in [2.24, 2.45) is 0 Å². The van der Waals surface area contributed by atoms with Gasteiger partial charge >= 0.3 is 17.7 Å². The van der Waals surface area contributed by atoms with Crippen molar-refractivity contribution in [2.45, 2.75) is 13.5 Å². The molecule has 0 saturated carbocycles. The molecular formula is C20H17NO7. The molecule has 0 aliphatic carbocycles. The highest BCUT2D eigenvalue weighted by molar-refractivity contribution is 5.90. The van der Waals surface area contributed by atoms with Crippen LogP contribution < -0.4 is 10.9 Å². The fraction of sp³-hybridized carbons (Fsp3) is 0.150. The van der Waals surface area contributed by atoms with Crippen LogP contribution in [0.15, 0.2) is 62.4 Å². The van der Waals surface area contributed by atoms with Gasteiger partial charge in [-0.15, -0.1) is 0 Å². The number of carbonyl (C=O) groups excluding carboxylic acids is 2. The van der Waals surface area contributed by atoms with Crippen molar-refractivity contribution in [3.63, 3.8) is 0 Å². The molecule has 8 nitrogen and oxygen atoms in total. The first-order valence-corrected chi connectivity index (χ1v) is 8.44. The van der Waals surface area contributed by atoms with Crippen LogP contribution in [0.4, 0.5) is 10.5 Å². The maximum absolute atomic E-state index is 11.9. The second-order valence-corrected chi connectivity index (χ2v) is 5.60. The molecule has 0 saturated heterocycles. The Morgan fingerprint density at radius 2 is 2.04 bits per heavy atom. The predicted octanol–water partition coefficient (Wildman–Crippen LogP) is 3.71. The van der Waals surface area contributed by atoms with Gasteiger partial charge in [0.25, 0.3) is 0 Å². The molecule has 0 radical (unpaired) electrons. The molecule has 1 N–H and O–H groups in total. The van der Waals surface area contributed by atoms with E-state index in [4.69, 9.17) is 18.3 Å². The Labute approximate surface area is 159 Å². The summed E-state index contributed by atoms with van der Waals surface area (Å²) < 4.78 is 20.2. The third kappa shape index (κ3) is 4.88. The molecule has 0 spiro atoms. The number of amides is 1. The topological polar surface area (TPSA) is 108 Å². The summed E-state index contributed by atoms with van der Waals surface area (Å²) in [5, 5.41) is 3.11. The lowest BCUT2D eigenvalue weighted by atomic mass is 10.1. The zero-order chi connectivity index (χ0) is 19.9. The Morgan fingerprint density at radius 3 is 2.79 bits per heavy atom. The second kappa shape index (κ2) is 8.72. The second-order valence-electron chi connectivity index (χ2n) is 5.60. The van der Waals surface area contributed by atoms with Gasteiger partial charge in [-0.05, 0) is 37.3 Å². The lowest BCUT2D eigenvalue weighted by Gasteiger charge is -2.08. The van der Waals surface area contributed by atoms with E-state index in [9.17, 15) is 14.4 Å². The molecule has 28 heavy (non-hydrogen) atoms. The van der Waals surface area contributed by atoms with E-state index >= 15 is 0 Å². The van der Waals surface area contributed by atoms with Crippen molar-refractivity contribution in [1.82, 2.24) is 0 Å². The van der Waals surface area contributed by atoms with E-state index in [0.29, 0.717) is 22.4 Å². The molecule has 0 bridgehead atoms. The highest BCUT2D eigenvalue weighted by Crippen LogP contribution is 2.22. The Morgan fingerprint density at radius 1 is 1.18 bits per heavy atom. The van der Waals surface area contributed by atoms with Gasteiger partial charge in [0.2, 0.25) is 0 Å². The zero-order valence-corrected chi connectivity index (χ0v) is 15.0. The third-order valence-electron chi connectivity index (χ3n) is 3.65. The summed E-state index contributed by atoms with van der Waals surface area (Å²) in [7, 11) is 0. The molecule has 0 fully saturated rings. The average Bonchev–Trinajstić information content (AvgIpc) is 3.18. The van der Waals surface area contributed by atoms with E-state index in [0.717, 1.165) is 0 Å². The molecule has 2 heterocycles. The molecule has 3 rings (SSSR count). The Balaban J connectivity index is 1.74. The molecule has 3 aromatic rings. The van der Waals surface area contributed by atoms with Crippen LogP contribution >= 0.6 is 0 Å². The Hall–Kier alpha value is -3.81. The maximum atomic E-state index is 11.9. The molecule has 0 atom stereocenters. The highest BCUT2D eigenvalue weighted by Gasteiger charge is 2.10. The van der Waals surface area contributed by atoms with Crippen LogP contribution in [0.1, 0.15) is 18.2 Å². The summed E-state index contributed by atoms with van der Waals surface area (Å²) in [6, 6.07) is 9.43. The summed E-state index contributed by atoms with van der Waals surface area (Å²) in [5.41, 5.74) is 0.537. The Kier molecular flexibility index (Phi) is 5.91. The lowest BCUT2D eigenvalue weighted by Crippen LogP contribution is -2.13. The summed E-state index contributed by atoms with van der Waals surface area (Å²) in [5.74, 6) is -0.0669. The van der Waals surface area contributed by atoms with Gasteiger partial charge in [0, 0.05) is 34.8 Å². The minimum atomic E-state index is -0.613. The average molecular weight is 383 g/mol. The number of fused-ring (bicyclic) bond motifs is 1. The zero-order valence-electron chi connectivity index (χ0n) is 15.0. The van der Waals surface area contributed by atoms with Crippen LogP contribution in [0.3, 0.4) is 0 Å². The van der Waals surface area contributed by atoms with E-state index in [1.165, 1.54) is 30.5 Å². The van der Waals surface area contributed by atoms with Gasteiger partial charge in [-0.3, -0.25) is 5.32 Å². The van der Waals surface area contributed by atoms with Crippen LogP contribution in [0.5, 0.6) is 0 Å². The van der Waals surface area contributed by atoms with Gasteiger partial charge in [-0.2, -0.15) is 0 Å². The maximum Gasteiger partial charge on any atom is 0.411 e. The number of rotatable bonds is 6. The standard InChI is InChI=1S/C20H17NO7/c1-2-25-20(24)21-14-5-7-16-13(10-19(23)28-17(16)11-14)12-27-18(22)8-6-15-4-3-9-26-15/h3-11H,2,12H2,1H3,(H,21,24)/b8-6+. The number of anilines is 1. The predicted molar refractivity (Wildman–Crippen MR) is 101 cm³/mol. The normalized spacial score (nSPS) is 10.9. The summed E-state index contributed by atoms with van der Waals surface area (Å²) in [4.78, 5) is 35.2. The lowest BCUT2D eigenvalue weighted by molar-refractivity contribution is -0.138. The quantitative estimate of drug-likeness (QED) is 0.393. The minimum Gasteiger partial charge on any atom is -0.465 e. The molecule has 2 aromatic heterocycles. The summed E-state index contributed by atoms with van der Waals surface area (Å²) >= 11 is 0. The molecular weight excluding hydrogens is 366 g/mol. The number of nitrogens with one attached hydrogen (secondary N) is 1. The first-order valence-electron chi connectivity index (χ1n) is 8.44.